The zero-order valence-electron chi connectivity index (χ0n) is 17.3. The highest BCUT2D eigenvalue weighted by atomic mass is 17.1. The van der Waals surface area contributed by atoms with Gasteiger partial charge in [-0.05, 0) is 38.7 Å². The maximum Gasteiger partial charge on any atom is 0.291 e. The standard InChI is InChI=1S/C22H30O5/c1-9-15(27-24)12(3)16-11(2)10-21(6)18(16)22(21,7)19-13(4)17(23)14(5)20(25-8)26-19/h10,15-16,18,24H,3,9H2,1-2,4-8H3/t15?,16-,18-,21+,22-/m1/s1. The first-order valence-electron chi connectivity index (χ1n) is 9.47. The van der Waals surface area contributed by atoms with Crippen LogP contribution in [-0.4, -0.2) is 18.5 Å². The Bertz CT molecular complexity index is 875. The van der Waals surface area contributed by atoms with Crippen LogP contribution in [0.15, 0.2) is 33.0 Å². The Morgan fingerprint density at radius 3 is 2.48 bits per heavy atom. The summed E-state index contributed by atoms with van der Waals surface area (Å²) in [6.07, 6.45) is 2.50. The minimum atomic E-state index is -0.411. The van der Waals surface area contributed by atoms with E-state index >= 15 is 0 Å². The molecule has 0 aliphatic heterocycles. The van der Waals surface area contributed by atoms with Crippen molar-refractivity contribution >= 4 is 0 Å². The summed E-state index contributed by atoms with van der Waals surface area (Å²) in [5.41, 5.74) is 2.67. The van der Waals surface area contributed by atoms with Crippen molar-refractivity contribution in [3.8, 4) is 5.95 Å². The Hall–Kier alpha value is -1.85. The van der Waals surface area contributed by atoms with Crippen molar-refractivity contribution in [1.29, 1.82) is 0 Å². The predicted octanol–water partition coefficient (Wildman–Crippen LogP) is 4.56. The van der Waals surface area contributed by atoms with Gasteiger partial charge in [0, 0.05) is 22.3 Å². The van der Waals surface area contributed by atoms with Gasteiger partial charge in [-0.1, -0.05) is 39.0 Å². The van der Waals surface area contributed by atoms with Crippen LogP contribution < -0.4 is 10.2 Å². The van der Waals surface area contributed by atoms with E-state index in [1.54, 1.807) is 6.92 Å². The molecule has 0 spiro atoms. The van der Waals surface area contributed by atoms with Crippen molar-refractivity contribution in [3.63, 3.8) is 0 Å². The van der Waals surface area contributed by atoms with Gasteiger partial charge in [-0.15, -0.1) is 0 Å². The maximum absolute atomic E-state index is 12.7. The lowest BCUT2D eigenvalue weighted by Gasteiger charge is -2.27. The molecule has 1 aromatic rings. The van der Waals surface area contributed by atoms with Crippen LogP contribution in [0.5, 0.6) is 5.95 Å². The lowest BCUT2D eigenvalue weighted by atomic mass is 9.80. The van der Waals surface area contributed by atoms with Gasteiger partial charge < -0.3 is 9.15 Å². The number of ether oxygens (including phenoxy) is 1. The third-order valence-corrected chi connectivity index (χ3v) is 7.15. The van der Waals surface area contributed by atoms with E-state index in [0.29, 0.717) is 23.3 Å². The summed E-state index contributed by atoms with van der Waals surface area (Å²) in [4.78, 5) is 17.4. The van der Waals surface area contributed by atoms with Crippen LogP contribution in [0.25, 0.3) is 0 Å². The molecule has 1 saturated carbocycles. The molecule has 1 heterocycles. The summed E-state index contributed by atoms with van der Waals surface area (Å²) in [5.74, 6) is 1.21. The van der Waals surface area contributed by atoms with E-state index < -0.39 is 6.10 Å². The quantitative estimate of drug-likeness (QED) is 0.449. The van der Waals surface area contributed by atoms with Gasteiger partial charge in [-0.25, -0.2) is 4.89 Å². The molecule has 0 amide bonds. The minimum absolute atomic E-state index is 0.0379. The molecule has 1 unspecified atom stereocenters. The topological polar surface area (TPSA) is 68.9 Å². The number of fused-ring (bicyclic) bond motifs is 1. The molecule has 0 aromatic carbocycles. The summed E-state index contributed by atoms with van der Waals surface area (Å²) < 4.78 is 11.4. The smallest absolute Gasteiger partial charge is 0.291 e. The molecule has 5 atom stereocenters. The minimum Gasteiger partial charge on any atom is -0.468 e. The molecule has 0 saturated heterocycles. The van der Waals surface area contributed by atoms with Gasteiger partial charge in [-0.3, -0.25) is 10.1 Å². The fourth-order valence-electron chi connectivity index (χ4n) is 5.52. The normalized spacial score (nSPS) is 32.7. The van der Waals surface area contributed by atoms with E-state index in [1.807, 2.05) is 13.8 Å². The van der Waals surface area contributed by atoms with Gasteiger partial charge in [0.05, 0.1) is 12.7 Å². The van der Waals surface area contributed by atoms with Gasteiger partial charge in [0.25, 0.3) is 5.95 Å². The number of methoxy groups -OCH3 is 1. The average molecular weight is 374 g/mol. The molecular formula is C22H30O5. The van der Waals surface area contributed by atoms with Crippen LogP contribution >= 0.6 is 0 Å². The number of hydrogen-bond acceptors (Lipinski definition) is 5. The first-order chi connectivity index (χ1) is 12.6. The van der Waals surface area contributed by atoms with Crippen LogP contribution in [-0.2, 0) is 10.3 Å². The van der Waals surface area contributed by atoms with E-state index in [-0.39, 0.29) is 34.0 Å². The second-order valence-electron chi connectivity index (χ2n) is 8.41. The van der Waals surface area contributed by atoms with Crippen LogP contribution in [0.3, 0.4) is 0 Å². The molecule has 5 nitrogen and oxygen atoms in total. The highest BCUT2D eigenvalue weighted by Crippen LogP contribution is 2.78. The first-order valence-corrected chi connectivity index (χ1v) is 9.47. The van der Waals surface area contributed by atoms with Crippen molar-refractivity contribution in [3.05, 3.63) is 50.9 Å². The highest BCUT2D eigenvalue weighted by Gasteiger charge is 2.77. The molecule has 0 radical (unpaired) electrons. The lowest BCUT2D eigenvalue weighted by molar-refractivity contribution is -0.270. The summed E-state index contributed by atoms with van der Waals surface area (Å²) in [6, 6.07) is 0. The van der Waals surface area contributed by atoms with Gasteiger partial charge in [-0.2, -0.15) is 0 Å². The number of allylic oxidation sites excluding steroid dienone is 2. The molecule has 2 aliphatic carbocycles. The second kappa shape index (κ2) is 6.35. The van der Waals surface area contributed by atoms with E-state index in [0.717, 1.165) is 5.57 Å². The van der Waals surface area contributed by atoms with E-state index in [1.165, 1.54) is 12.7 Å². The van der Waals surface area contributed by atoms with Crippen molar-refractivity contribution in [2.45, 2.75) is 59.5 Å². The van der Waals surface area contributed by atoms with Gasteiger partial charge in [0.15, 0.2) is 5.43 Å². The van der Waals surface area contributed by atoms with Crippen molar-refractivity contribution in [2.75, 3.05) is 7.11 Å². The van der Waals surface area contributed by atoms with Crippen LogP contribution in [0.1, 0.15) is 51.0 Å². The molecule has 2 aliphatic rings. The molecule has 5 heteroatoms. The van der Waals surface area contributed by atoms with Crippen LogP contribution in [0.2, 0.25) is 0 Å². The number of hydrogen-bond donors (Lipinski definition) is 1. The van der Waals surface area contributed by atoms with E-state index in [2.05, 4.69) is 38.3 Å². The molecule has 27 heavy (non-hydrogen) atoms. The zero-order valence-corrected chi connectivity index (χ0v) is 17.3. The molecule has 0 bridgehead atoms. The third kappa shape index (κ3) is 2.41. The van der Waals surface area contributed by atoms with Crippen LogP contribution in [0.4, 0.5) is 0 Å². The fourth-order valence-corrected chi connectivity index (χ4v) is 5.52. The average Bonchev–Trinajstić information content (AvgIpc) is 2.94. The first kappa shape index (κ1) is 19.9. The third-order valence-electron chi connectivity index (χ3n) is 7.15. The molecular weight excluding hydrogens is 344 g/mol. The highest BCUT2D eigenvalue weighted by molar-refractivity contribution is 5.52. The Kier molecular flexibility index (Phi) is 4.68. The lowest BCUT2D eigenvalue weighted by Crippen LogP contribution is -2.26. The SMILES string of the molecule is C=C(C(CC)OO)[C@H]1C(C)=C[C@@]2(C)[C@@H]1[C@]2(C)c1oc(OC)c(C)c(=O)c1C. The largest absolute Gasteiger partial charge is 0.468 e. The summed E-state index contributed by atoms with van der Waals surface area (Å²) in [6.45, 7) is 16.2. The Morgan fingerprint density at radius 1 is 1.33 bits per heavy atom. The maximum atomic E-state index is 12.7. The molecule has 1 aromatic heterocycles. The zero-order chi connectivity index (χ0) is 20.3. The molecule has 148 valence electrons. The predicted molar refractivity (Wildman–Crippen MR) is 104 cm³/mol. The van der Waals surface area contributed by atoms with Crippen LogP contribution in [0, 0.1) is 31.1 Å². The van der Waals surface area contributed by atoms with Crippen molar-refractivity contribution in [2.24, 2.45) is 17.3 Å². The molecule has 3 rings (SSSR count). The van der Waals surface area contributed by atoms with Crippen molar-refractivity contribution < 1.29 is 19.3 Å². The van der Waals surface area contributed by atoms with E-state index in [4.69, 9.17) is 9.15 Å². The van der Waals surface area contributed by atoms with Crippen molar-refractivity contribution in [1.82, 2.24) is 0 Å². The monoisotopic (exact) mass is 374 g/mol. The van der Waals surface area contributed by atoms with E-state index in [9.17, 15) is 10.1 Å². The summed E-state index contributed by atoms with van der Waals surface area (Å²) in [7, 11) is 1.52. The second-order valence-corrected chi connectivity index (χ2v) is 8.41. The fraction of sp³-hybridized carbons (Fsp3) is 0.591. The van der Waals surface area contributed by atoms with Gasteiger partial charge in [0.1, 0.15) is 11.9 Å². The summed E-state index contributed by atoms with van der Waals surface area (Å²) >= 11 is 0. The Balaban J connectivity index is 2.11. The number of rotatable bonds is 6. The van der Waals surface area contributed by atoms with Gasteiger partial charge >= 0.3 is 0 Å². The Morgan fingerprint density at radius 2 is 1.96 bits per heavy atom. The Labute approximate surface area is 160 Å². The molecule has 1 fully saturated rings. The molecule has 1 N–H and O–H groups in total. The van der Waals surface area contributed by atoms with Gasteiger partial charge in [0.2, 0.25) is 0 Å². The summed E-state index contributed by atoms with van der Waals surface area (Å²) in [5, 5.41) is 9.28.